The van der Waals surface area contributed by atoms with Crippen LogP contribution in [0.2, 0.25) is 0 Å². The second kappa shape index (κ2) is 2.66. The van der Waals surface area contributed by atoms with Gasteiger partial charge in [-0.05, 0) is 35.2 Å². The fourth-order valence-corrected chi connectivity index (χ4v) is 1.98. The van der Waals surface area contributed by atoms with Gasteiger partial charge in [0.05, 0.1) is 0 Å². The molecular formula is C11H7S. The van der Waals surface area contributed by atoms with Crippen molar-refractivity contribution in [1.29, 1.82) is 0 Å². The Labute approximate surface area is 75.8 Å². The molecule has 12 heavy (non-hydrogen) atoms. The van der Waals surface area contributed by atoms with E-state index in [1.165, 1.54) is 10.8 Å². The molecule has 2 rings (SSSR count). The van der Waals surface area contributed by atoms with E-state index < -0.39 is 0 Å². The highest BCUT2D eigenvalue weighted by molar-refractivity contribution is 7.11. The van der Waals surface area contributed by atoms with Crippen molar-refractivity contribution in [3.8, 4) is 12.3 Å². The maximum atomic E-state index is 5.29. The summed E-state index contributed by atoms with van der Waals surface area (Å²) < 4.78 is 0. The minimum atomic E-state index is 0.931. The van der Waals surface area contributed by atoms with Crippen LogP contribution >= 0.6 is 11.3 Å². The molecule has 1 aromatic heterocycles. The van der Waals surface area contributed by atoms with Crippen molar-refractivity contribution in [3.63, 3.8) is 0 Å². The Balaban J connectivity index is 2.80. The Morgan fingerprint density at radius 2 is 2.25 bits per heavy atom. The molecule has 0 amide bonds. The smallest absolute Gasteiger partial charge is 0.0249 e. The van der Waals surface area contributed by atoms with E-state index in [2.05, 4.69) is 18.2 Å². The maximum absolute atomic E-state index is 5.29. The van der Waals surface area contributed by atoms with Crippen LogP contribution in [0.3, 0.4) is 0 Å². The van der Waals surface area contributed by atoms with Gasteiger partial charge in [0.15, 0.2) is 0 Å². The third-order valence-electron chi connectivity index (χ3n) is 1.85. The van der Waals surface area contributed by atoms with E-state index in [4.69, 9.17) is 6.42 Å². The molecule has 0 nitrogen and oxygen atoms in total. The fraction of sp³-hybridized carbons (Fsp3) is 0. The van der Waals surface area contributed by atoms with Gasteiger partial charge in [-0.25, -0.2) is 0 Å². The van der Waals surface area contributed by atoms with Gasteiger partial charge in [0, 0.05) is 10.4 Å². The number of fused-ring (bicyclic) bond motifs is 1. The number of hydrogen-bond donors (Lipinski definition) is 0. The summed E-state index contributed by atoms with van der Waals surface area (Å²) in [6, 6.07) is 5.99. The molecule has 57 valence electrons. The average molecular weight is 171 g/mol. The molecule has 0 saturated carbocycles. The predicted octanol–water partition coefficient (Wildman–Crippen LogP) is 3.06. The largest absolute Gasteiger partial charge is 0.148 e. The second-order valence-corrected chi connectivity index (χ2v) is 3.57. The van der Waals surface area contributed by atoms with Crippen LogP contribution in [0, 0.1) is 19.3 Å². The molecule has 0 aliphatic rings. The molecule has 0 aliphatic heterocycles. The van der Waals surface area contributed by atoms with Crippen LogP contribution in [-0.2, 0) is 0 Å². The topological polar surface area (TPSA) is 0 Å². The quantitative estimate of drug-likeness (QED) is 0.534. The van der Waals surface area contributed by atoms with Crippen molar-refractivity contribution in [1.82, 2.24) is 0 Å². The van der Waals surface area contributed by atoms with Gasteiger partial charge in [-0.2, -0.15) is 0 Å². The number of benzene rings is 1. The van der Waals surface area contributed by atoms with E-state index in [0.717, 1.165) is 10.4 Å². The lowest BCUT2D eigenvalue weighted by Crippen LogP contribution is -1.72. The van der Waals surface area contributed by atoms with Gasteiger partial charge in [0.1, 0.15) is 0 Å². The molecule has 0 atom stereocenters. The molecule has 0 saturated heterocycles. The maximum Gasteiger partial charge on any atom is 0.0249 e. The summed E-state index contributed by atoms with van der Waals surface area (Å²) >= 11 is 1.66. The van der Waals surface area contributed by atoms with Gasteiger partial charge in [0.2, 0.25) is 0 Å². The second-order valence-electron chi connectivity index (χ2n) is 2.61. The zero-order valence-electron chi connectivity index (χ0n) is 6.50. The first-order chi connectivity index (χ1) is 5.81. The zero-order chi connectivity index (χ0) is 8.55. The van der Waals surface area contributed by atoms with Crippen LogP contribution in [0.25, 0.3) is 10.8 Å². The third kappa shape index (κ3) is 1.01. The van der Waals surface area contributed by atoms with Crippen LogP contribution in [0.1, 0.15) is 10.4 Å². The lowest BCUT2D eigenvalue weighted by atomic mass is 10.1. The molecule has 0 bridgehead atoms. The fourth-order valence-electron chi connectivity index (χ4n) is 1.20. The van der Waals surface area contributed by atoms with Gasteiger partial charge in [0.25, 0.3) is 0 Å². The van der Waals surface area contributed by atoms with E-state index in [1.807, 2.05) is 18.2 Å². The molecule has 0 N–H and O–H groups in total. The van der Waals surface area contributed by atoms with Gasteiger partial charge in [-0.3, -0.25) is 0 Å². The number of thiophene rings is 1. The van der Waals surface area contributed by atoms with Crippen LogP contribution in [0.15, 0.2) is 23.6 Å². The SMILES string of the molecule is C#Cc1ccc2c([CH2])scc2c1. The normalized spacial score (nSPS) is 10.0. The summed E-state index contributed by atoms with van der Waals surface area (Å²) in [4.78, 5) is 1.11. The van der Waals surface area contributed by atoms with E-state index in [0.29, 0.717) is 0 Å². The van der Waals surface area contributed by atoms with Crippen molar-refractivity contribution < 1.29 is 0 Å². The molecule has 0 unspecified atom stereocenters. The lowest BCUT2D eigenvalue weighted by Gasteiger charge is -1.92. The summed E-state index contributed by atoms with van der Waals surface area (Å²) in [6.45, 7) is 3.93. The Bertz CT molecular complexity index is 457. The van der Waals surface area contributed by atoms with Crippen molar-refractivity contribution in [2.75, 3.05) is 0 Å². The minimum absolute atomic E-state index is 0.931. The van der Waals surface area contributed by atoms with E-state index >= 15 is 0 Å². The van der Waals surface area contributed by atoms with Gasteiger partial charge in [-0.15, -0.1) is 17.8 Å². The van der Waals surface area contributed by atoms with Crippen molar-refractivity contribution in [3.05, 3.63) is 40.9 Å². The molecule has 0 aliphatic carbocycles. The van der Waals surface area contributed by atoms with Crippen molar-refractivity contribution in [2.24, 2.45) is 0 Å². The Morgan fingerprint density at radius 3 is 3.00 bits per heavy atom. The van der Waals surface area contributed by atoms with Gasteiger partial charge >= 0.3 is 0 Å². The Hall–Kier alpha value is -1.26. The van der Waals surface area contributed by atoms with E-state index in [1.54, 1.807) is 11.3 Å². The first-order valence-corrected chi connectivity index (χ1v) is 4.49. The third-order valence-corrected chi connectivity index (χ3v) is 2.72. The highest BCUT2D eigenvalue weighted by atomic mass is 32.1. The molecule has 2 aromatic rings. The molecule has 1 aromatic carbocycles. The van der Waals surface area contributed by atoms with Gasteiger partial charge in [-0.1, -0.05) is 12.0 Å². The summed E-state index contributed by atoms with van der Waals surface area (Å²) in [5.74, 6) is 2.61. The zero-order valence-corrected chi connectivity index (χ0v) is 7.32. The minimum Gasteiger partial charge on any atom is -0.148 e. The Morgan fingerprint density at radius 1 is 1.42 bits per heavy atom. The van der Waals surface area contributed by atoms with Crippen LogP contribution in [-0.4, -0.2) is 0 Å². The monoisotopic (exact) mass is 171 g/mol. The first kappa shape index (κ1) is 7.39. The average Bonchev–Trinajstić information content (AvgIpc) is 2.47. The number of rotatable bonds is 0. The predicted molar refractivity (Wildman–Crippen MR) is 54.2 cm³/mol. The molecule has 1 radical (unpaired) electrons. The first-order valence-electron chi connectivity index (χ1n) is 3.61. The van der Waals surface area contributed by atoms with Crippen molar-refractivity contribution >= 4 is 22.1 Å². The Kier molecular flexibility index (Phi) is 1.64. The van der Waals surface area contributed by atoms with Crippen LogP contribution in [0.4, 0.5) is 0 Å². The number of terminal acetylenes is 1. The highest BCUT2D eigenvalue weighted by Crippen LogP contribution is 2.25. The van der Waals surface area contributed by atoms with Crippen molar-refractivity contribution in [2.45, 2.75) is 0 Å². The van der Waals surface area contributed by atoms with Crippen LogP contribution in [0.5, 0.6) is 0 Å². The molecular weight excluding hydrogens is 164 g/mol. The molecule has 0 fully saturated rings. The molecule has 0 spiro atoms. The lowest BCUT2D eigenvalue weighted by molar-refractivity contribution is 1.74. The summed E-state index contributed by atoms with van der Waals surface area (Å²) in [7, 11) is 0. The summed E-state index contributed by atoms with van der Waals surface area (Å²) in [5, 5.41) is 4.48. The molecule has 1 heterocycles. The molecule has 1 heteroatoms. The number of hydrogen-bond acceptors (Lipinski definition) is 1. The van der Waals surface area contributed by atoms with E-state index in [9.17, 15) is 0 Å². The summed E-state index contributed by atoms with van der Waals surface area (Å²) in [5.41, 5.74) is 0.931. The van der Waals surface area contributed by atoms with E-state index in [-0.39, 0.29) is 0 Å². The standard InChI is InChI=1S/C11H7S/c1-3-9-4-5-11-8(2)12-7-10(11)6-9/h1,4-7H,2H2. The van der Waals surface area contributed by atoms with Gasteiger partial charge < -0.3 is 0 Å². The summed E-state index contributed by atoms with van der Waals surface area (Å²) in [6.07, 6.45) is 5.29. The highest BCUT2D eigenvalue weighted by Gasteiger charge is 1.98. The van der Waals surface area contributed by atoms with Crippen LogP contribution < -0.4 is 0 Å².